The lowest BCUT2D eigenvalue weighted by molar-refractivity contribution is 0.126. The van der Waals surface area contributed by atoms with Gasteiger partial charge in [0.25, 0.3) is 0 Å². The van der Waals surface area contributed by atoms with Crippen molar-refractivity contribution < 1.29 is 17.5 Å². The average molecular weight is 287 g/mol. The molecule has 2 atom stereocenters. The van der Waals surface area contributed by atoms with E-state index in [4.69, 9.17) is 10.5 Å². The molecular formula is C13H18FNO3S. The van der Waals surface area contributed by atoms with Crippen LogP contribution < -0.4 is 5.73 Å². The van der Waals surface area contributed by atoms with Crippen molar-refractivity contribution in [3.63, 3.8) is 0 Å². The minimum absolute atomic E-state index is 0.191. The SMILES string of the molecule is CC1OCCC1S(=O)(=O)Cc1ccc(CN)cc1F. The van der Waals surface area contributed by atoms with Crippen LogP contribution in [0.25, 0.3) is 0 Å². The summed E-state index contributed by atoms with van der Waals surface area (Å²) in [5.41, 5.74) is 6.25. The van der Waals surface area contributed by atoms with Crippen LogP contribution >= 0.6 is 0 Å². The number of benzene rings is 1. The summed E-state index contributed by atoms with van der Waals surface area (Å²) in [4.78, 5) is 0. The van der Waals surface area contributed by atoms with E-state index >= 15 is 0 Å². The molecule has 2 N–H and O–H groups in total. The van der Waals surface area contributed by atoms with Crippen molar-refractivity contribution in [2.24, 2.45) is 5.73 Å². The van der Waals surface area contributed by atoms with Crippen LogP contribution in [-0.4, -0.2) is 26.4 Å². The Bertz CT molecular complexity index is 559. The van der Waals surface area contributed by atoms with Crippen molar-refractivity contribution in [1.82, 2.24) is 0 Å². The standard InChI is InChI=1S/C13H18FNO3S/c1-9-13(4-5-18-9)19(16,17)8-11-3-2-10(7-15)6-12(11)14/h2-3,6,9,13H,4-5,7-8,15H2,1H3. The fourth-order valence-corrected chi connectivity index (χ4v) is 4.34. The fraction of sp³-hybridized carbons (Fsp3) is 0.538. The molecule has 0 saturated carbocycles. The molecule has 0 aliphatic carbocycles. The summed E-state index contributed by atoms with van der Waals surface area (Å²) in [7, 11) is -3.40. The highest BCUT2D eigenvalue weighted by Gasteiger charge is 2.36. The summed E-state index contributed by atoms with van der Waals surface area (Å²) in [6, 6.07) is 4.44. The molecule has 1 fully saturated rings. The van der Waals surface area contributed by atoms with Crippen molar-refractivity contribution in [2.75, 3.05) is 6.61 Å². The molecule has 19 heavy (non-hydrogen) atoms. The molecule has 106 valence electrons. The van der Waals surface area contributed by atoms with E-state index < -0.39 is 20.9 Å². The number of nitrogens with two attached hydrogens (primary N) is 1. The second-order valence-electron chi connectivity index (χ2n) is 4.84. The zero-order chi connectivity index (χ0) is 14.0. The fourth-order valence-electron chi connectivity index (χ4n) is 2.34. The molecule has 1 saturated heterocycles. The maximum absolute atomic E-state index is 13.8. The molecule has 6 heteroatoms. The number of sulfone groups is 1. The number of hydrogen-bond donors (Lipinski definition) is 1. The highest BCUT2D eigenvalue weighted by atomic mass is 32.2. The second-order valence-corrected chi connectivity index (χ2v) is 7.06. The van der Waals surface area contributed by atoms with Gasteiger partial charge < -0.3 is 10.5 Å². The number of hydrogen-bond acceptors (Lipinski definition) is 4. The van der Waals surface area contributed by atoms with Gasteiger partial charge in [-0.25, -0.2) is 12.8 Å². The summed E-state index contributed by atoms with van der Waals surface area (Å²) in [5, 5.41) is -0.541. The van der Waals surface area contributed by atoms with Crippen LogP contribution in [0.15, 0.2) is 18.2 Å². The second kappa shape index (κ2) is 5.56. The lowest BCUT2D eigenvalue weighted by Gasteiger charge is -2.15. The maximum Gasteiger partial charge on any atom is 0.160 e. The first-order valence-electron chi connectivity index (χ1n) is 6.24. The van der Waals surface area contributed by atoms with Crippen molar-refractivity contribution >= 4 is 9.84 Å². The Morgan fingerprint density at radius 3 is 2.74 bits per heavy atom. The Morgan fingerprint density at radius 2 is 2.21 bits per heavy atom. The molecule has 1 aromatic rings. The topological polar surface area (TPSA) is 69.4 Å². The Balaban J connectivity index is 2.20. The normalized spacial score (nSPS) is 23.7. The number of ether oxygens (including phenoxy) is 1. The van der Waals surface area contributed by atoms with Gasteiger partial charge in [0.15, 0.2) is 9.84 Å². The highest BCUT2D eigenvalue weighted by Crippen LogP contribution is 2.25. The minimum Gasteiger partial charge on any atom is -0.377 e. The van der Waals surface area contributed by atoms with Gasteiger partial charge in [-0.3, -0.25) is 0 Å². The van der Waals surface area contributed by atoms with E-state index in [2.05, 4.69) is 0 Å². The van der Waals surface area contributed by atoms with Crippen LogP contribution in [0.5, 0.6) is 0 Å². The van der Waals surface area contributed by atoms with E-state index in [0.717, 1.165) is 0 Å². The molecule has 0 spiro atoms. The summed E-state index contributed by atoms with van der Waals surface area (Å²) in [6.45, 7) is 2.42. The molecule has 2 unspecified atom stereocenters. The molecule has 0 aromatic heterocycles. The molecule has 0 radical (unpaired) electrons. The molecule has 4 nitrogen and oxygen atoms in total. The third kappa shape index (κ3) is 3.13. The molecule has 0 bridgehead atoms. The Labute approximate surface area is 112 Å². The third-order valence-corrected chi connectivity index (χ3v) is 5.73. The first kappa shape index (κ1) is 14.4. The molecule has 1 aromatic carbocycles. The lowest BCUT2D eigenvalue weighted by Crippen LogP contribution is -2.29. The van der Waals surface area contributed by atoms with E-state index in [1.54, 1.807) is 13.0 Å². The van der Waals surface area contributed by atoms with E-state index in [0.29, 0.717) is 18.6 Å². The van der Waals surface area contributed by atoms with Crippen molar-refractivity contribution in [3.05, 3.63) is 35.1 Å². The minimum atomic E-state index is -3.40. The molecule has 1 heterocycles. The molecule has 2 rings (SSSR count). The first-order chi connectivity index (χ1) is 8.94. The maximum atomic E-state index is 13.8. The van der Waals surface area contributed by atoms with Gasteiger partial charge in [-0.2, -0.15) is 0 Å². The predicted octanol–water partition coefficient (Wildman–Crippen LogP) is 1.38. The molecule has 1 aliphatic rings. The van der Waals surface area contributed by atoms with Crippen molar-refractivity contribution in [1.29, 1.82) is 0 Å². The van der Waals surface area contributed by atoms with Crippen LogP contribution in [0.2, 0.25) is 0 Å². The predicted molar refractivity (Wildman–Crippen MR) is 70.7 cm³/mol. The highest BCUT2D eigenvalue weighted by molar-refractivity contribution is 7.91. The Kier molecular flexibility index (Phi) is 4.23. The van der Waals surface area contributed by atoms with Gasteiger partial charge in [0.2, 0.25) is 0 Å². The van der Waals surface area contributed by atoms with Crippen LogP contribution in [0, 0.1) is 5.82 Å². The summed E-state index contributed by atoms with van der Waals surface area (Å²) in [6.07, 6.45) is 0.155. The third-order valence-electron chi connectivity index (χ3n) is 3.48. The molecular weight excluding hydrogens is 269 g/mol. The smallest absolute Gasteiger partial charge is 0.160 e. The molecule has 0 amide bonds. The van der Waals surface area contributed by atoms with Gasteiger partial charge in [0.05, 0.1) is 17.1 Å². The van der Waals surface area contributed by atoms with E-state index in [1.165, 1.54) is 12.1 Å². The van der Waals surface area contributed by atoms with Crippen LogP contribution in [0.4, 0.5) is 4.39 Å². The first-order valence-corrected chi connectivity index (χ1v) is 7.96. The molecule has 1 aliphatic heterocycles. The summed E-state index contributed by atoms with van der Waals surface area (Å²) >= 11 is 0. The van der Waals surface area contributed by atoms with Crippen LogP contribution in [0.3, 0.4) is 0 Å². The van der Waals surface area contributed by atoms with E-state index in [-0.39, 0.29) is 24.0 Å². The van der Waals surface area contributed by atoms with Crippen LogP contribution in [0.1, 0.15) is 24.5 Å². The van der Waals surface area contributed by atoms with Gasteiger partial charge in [-0.1, -0.05) is 12.1 Å². The number of rotatable bonds is 4. The monoisotopic (exact) mass is 287 g/mol. The van der Waals surface area contributed by atoms with E-state index in [1.807, 2.05) is 0 Å². The zero-order valence-electron chi connectivity index (χ0n) is 10.8. The van der Waals surface area contributed by atoms with Gasteiger partial charge in [0.1, 0.15) is 5.82 Å². The van der Waals surface area contributed by atoms with Crippen LogP contribution in [-0.2, 0) is 26.9 Å². The summed E-state index contributed by atoms with van der Waals surface area (Å²) < 4.78 is 43.6. The van der Waals surface area contributed by atoms with Crippen molar-refractivity contribution in [3.8, 4) is 0 Å². The zero-order valence-corrected chi connectivity index (χ0v) is 11.6. The van der Waals surface area contributed by atoms with Crippen molar-refractivity contribution in [2.45, 2.75) is 37.0 Å². The Morgan fingerprint density at radius 1 is 1.47 bits per heavy atom. The van der Waals surface area contributed by atoms with Gasteiger partial charge >= 0.3 is 0 Å². The van der Waals surface area contributed by atoms with Gasteiger partial charge in [-0.05, 0) is 25.0 Å². The largest absolute Gasteiger partial charge is 0.377 e. The summed E-state index contributed by atoms with van der Waals surface area (Å²) in [5.74, 6) is -0.805. The van der Waals surface area contributed by atoms with Gasteiger partial charge in [0, 0.05) is 18.7 Å². The lowest BCUT2D eigenvalue weighted by atomic mass is 10.1. The Hall–Kier alpha value is -0.980. The average Bonchev–Trinajstić information content (AvgIpc) is 2.79. The quantitative estimate of drug-likeness (QED) is 0.908. The van der Waals surface area contributed by atoms with Gasteiger partial charge in [-0.15, -0.1) is 0 Å². The number of halogens is 1. The van der Waals surface area contributed by atoms with E-state index in [9.17, 15) is 12.8 Å².